The van der Waals surface area contributed by atoms with Gasteiger partial charge >= 0.3 is 5.97 Å². The molecule has 0 saturated heterocycles. The Bertz CT molecular complexity index is 364. The van der Waals surface area contributed by atoms with Gasteiger partial charge in [0.25, 0.3) is 0 Å². The number of aliphatic hydroxyl groups is 1. The van der Waals surface area contributed by atoms with E-state index in [2.05, 4.69) is 4.74 Å². The zero-order chi connectivity index (χ0) is 14.6. The first-order valence-electron chi connectivity index (χ1n) is 7.15. The molecule has 0 radical (unpaired) electrons. The molecule has 20 heavy (non-hydrogen) atoms. The smallest absolute Gasteiger partial charge is 0.308 e. The topological polar surface area (TPSA) is 55.8 Å². The lowest BCUT2D eigenvalue weighted by Gasteiger charge is -2.09. The van der Waals surface area contributed by atoms with Gasteiger partial charge in [-0.2, -0.15) is 0 Å². The number of ether oxygens (including phenoxy) is 2. The average molecular weight is 280 g/mol. The van der Waals surface area contributed by atoms with Crippen LogP contribution in [0, 0.1) is 0 Å². The molecule has 0 fully saturated rings. The Morgan fingerprint density at radius 1 is 1.15 bits per heavy atom. The summed E-state index contributed by atoms with van der Waals surface area (Å²) < 4.78 is 10.1. The van der Waals surface area contributed by atoms with E-state index in [1.807, 2.05) is 30.3 Å². The van der Waals surface area contributed by atoms with Gasteiger partial charge < -0.3 is 14.6 Å². The number of aliphatic hydroxyl groups excluding tert-OH is 1. The van der Waals surface area contributed by atoms with Crippen molar-refractivity contribution in [2.75, 3.05) is 13.7 Å². The number of esters is 1. The van der Waals surface area contributed by atoms with Gasteiger partial charge in [-0.15, -0.1) is 0 Å². The second kappa shape index (κ2) is 10.3. The van der Waals surface area contributed by atoms with Crippen molar-refractivity contribution in [1.29, 1.82) is 0 Å². The van der Waals surface area contributed by atoms with Crippen LogP contribution in [0.3, 0.4) is 0 Å². The molecular weight excluding hydrogens is 256 g/mol. The highest BCUT2D eigenvalue weighted by atomic mass is 16.5. The van der Waals surface area contributed by atoms with Gasteiger partial charge in [0.05, 0.1) is 26.2 Å². The lowest BCUT2D eigenvalue weighted by molar-refractivity contribution is -0.142. The fourth-order valence-electron chi connectivity index (χ4n) is 1.92. The summed E-state index contributed by atoms with van der Waals surface area (Å²) in [5, 5.41) is 9.58. The summed E-state index contributed by atoms with van der Waals surface area (Å²) in [5.41, 5.74) is 0. The molecule has 0 aliphatic rings. The van der Waals surface area contributed by atoms with Crippen molar-refractivity contribution in [3.63, 3.8) is 0 Å². The first-order valence-corrected chi connectivity index (χ1v) is 7.15. The first kappa shape index (κ1) is 16.5. The van der Waals surface area contributed by atoms with Crippen molar-refractivity contribution in [3.05, 3.63) is 30.3 Å². The molecule has 4 nitrogen and oxygen atoms in total. The fraction of sp³-hybridized carbons (Fsp3) is 0.562. The zero-order valence-electron chi connectivity index (χ0n) is 12.1. The van der Waals surface area contributed by atoms with E-state index in [9.17, 15) is 9.90 Å². The van der Waals surface area contributed by atoms with Gasteiger partial charge in [-0.25, -0.2) is 0 Å². The molecule has 1 N–H and O–H groups in total. The number of carbonyl (C=O) groups excluding carboxylic acids is 1. The molecule has 0 aliphatic carbocycles. The molecule has 0 spiro atoms. The third kappa shape index (κ3) is 7.79. The molecule has 1 aromatic rings. The molecule has 112 valence electrons. The van der Waals surface area contributed by atoms with Crippen LogP contribution in [0.5, 0.6) is 5.75 Å². The predicted octanol–water partition coefficient (Wildman–Crippen LogP) is 2.94. The average Bonchev–Trinajstić information content (AvgIpc) is 2.47. The van der Waals surface area contributed by atoms with E-state index in [-0.39, 0.29) is 12.4 Å². The third-order valence-electron chi connectivity index (χ3n) is 3.07. The van der Waals surface area contributed by atoms with E-state index in [0.29, 0.717) is 13.0 Å². The van der Waals surface area contributed by atoms with Crippen molar-refractivity contribution in [3.8, 4) is 5.75 Å². The van der Waals surface area contributed by atoms with E-state index < -0.39 is 6.10 Å². The fourth-order valence-corrected chi connectivity index (χ4v) is 1.92. The maximum absolute atomic E-state index is 10.9. The van der Waals surface area contributed by atoms with Gasteiger partial charge in [0.15, 0.2) is 0 Å². The summed E-state index contributed by atoms with van der Waals surface area (Å²) in [6.07, 6.45) is 4.19. The van der Waals surface area contributed by atoms with Crippen molar-refractivity contribution in [1.82, 2.24) is 0 Å². The van der Waals surface area contributed by atoms with Gasteiger partial charge in [0.2, 0.25) is 0 Å². The number of hydrogen-bond donors (Lipinski definition) is 1. The van der Waals surface area contributed by atoms with E-state index in [0.717, 1.165) is 31.4 Å². The van der Waals surface area contributed by atoms with Crippen molar-refractivity contribution in [2.45, 2.75) is 44.6 Å². The van der Waals surface area contributed by atoms with Crippen LogP contribution in [0.4, 0.5) is 0 Å². The summed E-state index contributed by atoms with van der Waals surface area (Å²) in [6, 6.07) is 9.77. The molecule has 1 aromatic carbocycles. The van der Waals surface area contributed by atoms with E-state index in [1.165, 1.54) is 7.11 Å². The number of methoxy groups -OCH3 is 1. The summed E-state index contributed by atoms with van der Waals surface area (Å²) in [5.74, 6) is 0.551. The predicted molar refractivity (Wildman–Crippen MR) is 77.7 cm³/mol. The minimum atomic E-state index is -0.581. The van der Waals surface area contributed by atoms with Gasteiger partial charge in [0, 0.05) is 0 Å². The van der Waals surface area contributed by atoms with E-state index in [1.54, 1.807) is 0 Å². The largest absolute Gasteiger partial charge is 0.494 e. The third-order valence-corrected chi connectivity index (χ3v) is 3.07. The van der Waals surface area contributed by atoms with Crippen molar-refractivity contribution in [2.24, 2.45) is 0 Å². The van der Waals surface area contributed by atoms with Crippen LogP contribution in [0.15, 0.2) is 30.3 Å². The lowest BCUT2D eigenvalue weighted by atomic mass is 10.1. The Kier molecular flexibility index (Phi) is 8.47. The summed E-state index contributed by atoms with van der Waals surface area (Å²) in [7, 11) is 1.34. The van der Waals surface area contributed by atoms with E-state index >= 15 is 0 Å². The minimum Gasteiger partial charge on any atom is -0.494 e. The molecule has 0 bridgehead atoms. The van der Waals surface area contributed by atoms with E-state index in [4.69, 9.17) is 4.74 Å². The first-order chi connectivity index (χ1) is 9.72. The molecule has 1 unspecified atom stereocenters. The van der Waals surface area contributed by atoms with Crippen LogP contribution in [-0.2, 0) is 9.53 Å². The molecule has 1 rings (SSSR count). The van der Waals surface area contributed by atoms with Gasteiger partial charge in [-0.3, -0.25) is 4.79 Å². The Morgan fingerprint density at radius 3 is 2.55 bits per heavy atom. The maximum atomic E-state index is 10.9. The molecule has 0 amide bonds. The second-order valence-corrected chi connectivity index (χ2v) is 4.80. The normalized spacial score (nSPS) is 11.9. The molecule has 0 saturated carbocycles. The molecule has 0 heterocycles. The Morgan fingerprint density at radius 2 is 1.85 bits per heavy atom. The highest BCUT2D eigenvalue weighted by Crippen LogP contribution is 2.11. The number of benzene rings is 1. The Balaban J connectivity index is 1.93. The Labute approximate surface area is 120 Å². The number of unbranched alkanes of at least 4 members (excludes halogenated alkanes) is 3. The van der Waals surface area contributed by atoms with Gasteiger partial charge in [-0.1, -0.05) is 37.5 Å². The monoisotopic (exact) mass is 280 g/mol. The summed E-state index contributed by atoms with van der Waals surface area (Å²) in [6.45, 7) is 0.717. The standard InChI is InChI=1S/C16H24O4/c1-19-16(18)13-14(17)9-5-2-3-8-12-20-15-10-6-4-7-11-15/h4,6-7,10-11,14,17H,2-3,5,8-9,12-13H2,1H3. The zero-order valence-corrected chi connectivity index (χ0v) is 12.1. The van der Waals surface area contributed by atoms with Crippen LogP contribution in [0.1, 0.15) is 38.5 Å². The van der Waals surface area contributed by atoms with Gasteiger partial charge in [0.1, 0.15) is 5.75 Å². The number of carbonyl (C=O) groups is 1. The maximum Gasteiger partial charge on any atom is 0.308 e. The van der Waals surface area contributed by atoms with Crippen LogP contribution >= 0.6 is 0 Å². The Hall–Kier alpha value is -1.55. The minimum absolute atomic E-state index is 0.0909. The number of para-hydroxylation sites is 1. The van der Waals surface area contributed by atoms with Crippen LogP contribution in [0.25, 0.3) is 0 Å². The quantitative estimate of drug-likeness (QED) is 0.529. The summed E-state index contributed by atoms with van der Waals surface area (Å²) in [4.78, 5) is 10.9. The summed E-state index contributed by atoms with van der Waals surface area (Å²) >= 11 is 0. The number of hydrogen-bond acceptors (Lipinski definition) is 4. The molecule has 1 atom stereocenters. The van der Waals surface area contributed by atoms with Crippen LogP contribution < -0.4 is 4.74 Å². The molecular formula is C16H24O4. The van der Waals surface area contributed by atoms with Crippen molar-refractivity contribution >= 4 is 5.97 Å². The molecule has 0 aromatic heterocycles. The SMILES string of the molecule is COC(=O)CC(O)CCCCCCOc1ccccc1. The molecule has 0 aliphatic heterocycles. The van der Waals surface area contributed by atoms with Crippen LogP contribution in [0.2, 0.25) is 0 Å². The highest BCUT2D eigenvalue weighted by molar-refractivity contribution is 5.69. The lowest BCUT2D eigenvalue weighted by Crippen LogP contribution is -2.14. The molecule has 4 heteroatoms. The second-order valence-electron chi connectivity index (χ2n) is 4.80. The van der Waals surface area contributed by atoms with Gasteiger partial charge in [-0.05, 0) is 25.0 Å². The highest BCUT2D eigenvalue weighted by Gasteiger charge is 2.10. The van der Waals surface area contributed by atoms with Crippen molar-refractivity contribution < 1.29 is 19.4 Å². The van der Waals surface area contributed by atoms with Crippen LogP contribution in [-0.4, -0.2) is 30.9 Å². The number of rotatable bonds is 10.